The molecule has 0 saturated carbocycles. The fraction of sp³-hybridized carbons (Fsp3) is 0.400. The first-order valence-electron chi connectivity index (χ1n) is 8.27. The van der Waals surface area contributed by atoms with Gasteiger partial charge in [-0.2, -0.15) is 0 Å². The Morgan fingerprint density at radius 1 is 0.826 bits per heavy atom. The highest BCUT2D eigenvalue weighted by molar-refractivity contribution is 5.35. The van der Waals surface area contributed by atoms with Gasteiger partial charge in [-0.05, 0) is 31.4 Å². The van der Waals surface area contributed by atoms with Crippen LogP contribution in [0.3, 0.4) is 0 Å². The maximum absolute atomic E-state index is 11.4. The van der Waals surface area contributed by atoms with Gasteiger partial charge in [0.25, 0.3) is 0 Å². The van der Waals surface area contributed by atoms with Crippen LogP contribution in [0.5, 0.6) is 0 Å². The molecule has 2 aromatic carbocycles. The van der Waals surface area contributed by atoms with Crippen LogP contribution in [0.1, 0.15) is 37.8 Å². The van der Waals surface area contributed by atoms with Crippen molar-refractivity contribution in [2.45, 2.75) is 38.6 Å². The first kappa shape index (κ1) is 17.7. The molecule has 2 rings (SSSR count). The van der Waals surface area contributed by atoms with Gasteiger partial charge in [0.05, 0.1) is 0 Å². The van der Waals surface area contributed by atoms with E-state index in [-0.39, 0.29) is 6.29 Å². The summed E-state index contributed by atoms with van der Waals surface area (Å²) >= 11 is 0. The third kappa shape index (κ3) is 4.64. The SMILES string of the molecule is CCOC(CCC(O)(c1ccccc1)c1ccccc1)OCC. The van der Waals surface area contributed by atoms with Gasteiger partial charge in [0.2, 0.25) is 0 Å². The molecule has 0 aliphatic rings. The zero-order valence-electron chi connectivity index (χ0n) is 13.9. The number of ether oxygens (including phenoxy) is 2. The van der Waals surface area contributed by atoms with Crippen molar-refractivity contribution >= 4 is 0 Å². The molecule has 0 saturated heterocycles. The highest BCUT2D eigenvalue weighted by atomic mass is 16.7. The summed E-state index contributed by atoms with van der Waals surface area (Å²) in [6.45, 7) is 5.10. The first-order chi connectivity index (χ1) is 11.2. The van der Waals surface area contributed by atoms with E-state index < -0.39 is 5.60 Å². The molecule has 0 fully saturated rings. The molecule has 0 amide bonds. The minimum atomic E-state index is -1.05. The molecule has 0 unspecified atom stereocenters. The Bertz CT molecular complexity index is 508. The Labute approximate surface area is 138 Å². The summed E-state index contributed by atoms with van der Waals surface area (Å²) in [5, 5.41) is 11.4. The molecule has 0 bridgehead atoms. The third-order valence-corrected chi connectivity index (χ3v) is 3.95. The number of aliphatic hydroxyl groups is 1. The summed E-state index contributed by atoms with van der Waals surface area (Å²) < 4.78 is 11.2. The van der Waals surface area contributed by atoms with Crippen molar-refractivity contribution in [3.05, 3.63) is 71.8 Å². The maximum Gasteiger partial charge on any atom is 0.157 e. The van der Waals surface area contributed by atoms with Crippen molar-refractivity contribution in [3.8, 4) is 0 Å². The quantitative estimate of drug-likeness (QED) is 0.708. The van der Waals surface area contributed by atoms with E-state index in [9.17, 15) is 5.11 Å². The summed E-state index contributed by atoms with van der Waals surface area (Å²) in [4.78, 5) is 0. The molecule has 3 heteroatoms. The Morgan fingerprint density at radius 3 is 1.65 bits per heavy atom. The molecular formula is C20H26O3. The van der Waals surface area contributed by atoms with E-state index in [1.807, 2.05) is 74.5 Å². The van der Waals surface area contributed by atoms with Crippen molar-refractivity contribution in [3.63, 3.8) is 0 Å². The molecule has 0 heterocycles. The lowest BCUT2D eigenvalue weighted by Crippen LogP contribution is -2.30. The average Bonchev–Trinajstić information content (AvgIpc) is 2.61. The summed E-state index contributed by atoms with van der Waals surface area (Å²) in [5.74, 6) is 0. The van der Waals surface area contributed by atoms with Crippen LogP contribution in [0.15, 0.2) is 60.7 Å². The molecule has 23 heavy (non-hydrogen) atoms. The van der Waals surface area contributed by atoms with Crippen molar-refractivity contribution < 1.29 is 14.6 Å². The first-order valence-corrected chi connectivity index (χ1v) is 8.27. The molecular weight excluding hydrogens is 288 g/mol. The summed E-state index contributed by atoms with van der Waals surface area (Å²) in [6, 6.07) is 19.6. The van der Waals surface area contributed by atoms with Crippen LogP contribution in [0.25, 0.3) is 0 Å². The van der Waals surface area contributed by atoms with Gasteiger partial charge >= 0.3 is 0 Å². The highest BCUT2D eigenvalue weighted by Gasteiger charge is 2.32. The lowest BCUT2D eigenvalue weighted by Gasteiger charge is -2.31. The fourth-order valence-corrected chi connectivity index (χ4v) is 2.80. The Morgan fingerprint density at radius 2 is 1.26 bits per heavy atom. The van der Waals surface area contributed by atoms with Crippen molar-refractivity contribution in [2.75, 3.05) is 13.2 Å². The largest absolute Gasteiger partial charge is 0.380 e. The van der Waals surface area contributed by atoms with E-state index in [2.05, 4.69) is 0 Å². The van der Waals surface area contributed by atoms with Crippen LogP contribution in [0.2, 0.25) is 0 Å². The molecule has 0 spiro atoms. The van der Waals surface area contributed by atoms with Crippen LogP contribution in [0.4, 0.5) is 0 Å². The van der Waals surface area contributed by atoms with Gasteiger partial charge in [-0.25, -0.2) is 0 Å². The second-order valence-electron chi connectivity index (χ2n) is 5.47. The van der Waals surface area contributed by atoms with Gasteiger partial charge in [0, 0.05) is 19.6 Å². The zero-order chi connectivity index (χ0) is 16.5. The molecule has 0 aliphatic carbocycles. The maximum atomic E-state index is 11.4. The Hall–Kier alpha value is -1.68. The molecule has 0 atom stereocenters. The van der Waals surface area contributed by atoms with E-state index in [0.717, 1.165) is 11.1 Å². The van der Waals surface area contributed by atoms with Crippen molar-refractivity contribution in [1.82, 2.24) is 0 Å². The molecule has 1 N–H and O–H groups in total. The van der Waals surface area contributed by atoms with Crippen molar-refractivity contribution in [1.29, 1.82) is 0 Å². The van der Waals surface area contributed by atoms with E-state index >= 15 is 0 Å². The smallest absolute Gasteiger partial charge is 0.157 e. The summed E-state index contributed by atoms with van der Waals surface area (Å²) in [7, 11) is 0. The normalized spacial score (nSPS) is 11.8. The lowest BCUT2D eigenvalue weighted by atomic mass is 9.82. The summed E-state index contributed by atoms with van der Waals surface area (Å²) in [6.07, 6.45) is 0.872. The lowest BCUT2D eigenvalue weighted by molar-refractivity contribution is -0.146. The summed E-state index contributed by atoms with van der Waals surface area (Å²) in [5.41, 5.74) is 0.727. The number of benzene rings is 2. The molecule has 0 aromatic heterocycles. The van der Waals surface area contributed by atoms with Crippen LogP contribution in [-0.4, -0.2) is 24.6 Å². The van der Waals surface area contributed by atoms with E-state index in [1.54, 1.807) is 0 Å². The number of rotatable bonds is 9. The predicted molar refractivity (Wildman–Crippen MR) is 92.2 cm³/mol. The molecule has 2 aromatic rings. The Balaban J connectivity index is 2.24. The van der Waals surface area contributed by atoms with Crippen LogP contribution >= 0.6 is 0 Å². The van der Waals surface area contributed by atoms with Gasteiger partial charge in [0.1, 0.15) is 5.60 Å². The average molecular weight is 314 g/mol. The van der Waals surface area contributed by atoms with Gasteiger partial charge in [-0.1, -0.05) is 60.7 Å². The second kappa shape index (κ2) is 8.82. The number of hydrogen-bond acceptors (Lipinski definition) is 3. The van der Waals surface area contributed by atoms with E-state index in [4.69, 9.17) is 9.47 Å². The second-order valence-corrected chi connectivity index (χ2v) is 5.47. The van der Waals surface area contributed by atoms with E-state index in [1.165, 1.54) is 0 Å². The van der Waals surface area contributed by atoms with Crippen LogP contribution < -0.4 is 0 Å². The predicted octanol–water partition coefficient (Wildman–Crippen LogP) is 4.10. The van der Waals surface area contributed by atoms with E-state index in [0.29, 0.717) is 26.1 Å². The zero-order valence-corrected chi connectivity index (χ0v) is 13.9. The van der Waals surface area contributed by atoms with Gasteiger partial charge in [0.15, 0.2) is 6.29 Å². The van der Waals surface area contributed by atoms with Crippen LogP contribution in [-0.2, 0) is 15.1 Å². The minimum Gasteiger partial charge on any atom is -0.380 e. The molecule has 3 nitrogen and oxygen atoms in total. The molecule has 0 aliphatic heterocycles. The van der Waals surface area contributed by atoms with Crippen molar-refractivity contribution in [2.24, 2.45) is 0 Å². The fourth-order valence-electron chi connectivity index (χ4n) is 2.80. The molecule has 124 valence electrons. The monoisotopic (exact) mass is 314 g/mol. The topological polar surface area (TPSA) is 38.7 Å². The van der Waals surface area contributed by atoms with Gasteiger partial charge in [-0.15, -0.1) is 0 Å². The van der Waals surface area contributed by atoms with Gasteiger partial charge in [-0.3, -0.25) is 0 Å². The minimum absolute atomic E-state index is 0.288. The third-order valence-electron chi connectivity index (χ3n) is 3.95. The Kier molecular flexibility index (Phi) is 6.78. The molecule has 0 radical (unpaired) electrons. The highest BCUT2D eigenvalue weighted by Crippen LogP contribution is 2.34. The van der Waals surface area contributed by atoms with Gasteiger partial charge < -0.3 is 14.6 Å². The van der Waals surface area contributed by atoms with Crippen LogP contribution in [0, 0.1) is 0 Å². The standard InChI is InChI=1S/C20H26O3/c1-3-22-19(23-4-2)15-16-20(21,17-11-7-5-8-12-17)18-13-9-6-10-14-18/h5-14,19,21H,3-4,15-16H2,1-2H3. The number of hydrogen-bond donors (Lipinski definition) is 1.